The van der Waals surface area contributed by atoms with Crippen molar-refractivity contribution >= 4 is 27.6 Å². The van der Waals surface area contributed by atoms with Gasteiger partial charge in [-0.3, -0.25) is 14.3 Å². The number of carbonyl (C=O) groups is 2. The van der Waals surface area contributed by atoms with Gasteiger partial charge in [-0.2, -0.15) is 10.4 Å². The number of aromatic nitrogens is 2. The van der Waals surface area contributed by atoms with Crippen LogP contribution in [0.2, 0.25) is 0 Å². The summed E-state index contributed by atoms with van der Waals surface area (Å²) in [5, 5.41) is 17.3. The number of anilines is 1. The van der Waals surface area contributed by atoms with Crippen LogP contribution in [0.3, 0.4) is 0 Å². The molecule has 0 unspecified atom stereocenters. The Kier molecular flexibility index (Phi) is 7.50. The minimum Gasteiger partial charge on any atom is -0.320 e. The molecule has 0 bridgehead atoms. The number of urea groups is 1. The zero-order chi connectivity index (χ0) is 25.0. The van der Waals surface area contributed by atoms with Gasteiger partial charge in [0.15, 0.2) is 0 Å². The molecule has 0 spiro atoms. The molecule has 2 aliphatic rings. The van der Waals surface area contributed by atoms with E-state index in [1.54, 1.807) is 22.7 Å². The van der Waals surface area contributed by atoms with Crippen LogP contribution in [0.15, 0.2) is 18.2 Å². The summed E-state index contributed by atoms with van der Waals surface area (Å²) in [6, 6.07) is 5.16. The lowest BCUT2D eigenvalue weighted by Gasteiger charge is -2.27. The lowest BCUT2D eigenvalue weighted by atomic mass is 10.1. The second-order valence-corrected chi connectivity index (χ2v) is 9.47. The average Bonchev–Trinajstić information content (AvgIpc) is 3.10. The van der Waals surface area contributed by atoms with Crippen LogP contribution in [-0.4, -0.2) is 73.6 Å². The third-order valence-corrected chi connectivity index (χ3v) is 5.92. The molecule has 12 nitrogen and oxygen atoms in total. The predicted molar refractivity (Wildman–Crippen MR) is 118 cm³/mol. The number of sulfonamides is 1. The molecule has 34 heavy (non-hydrogen) atoms. The van der Waals surface area contributed by atoms with E-state index >= 15 is 0 Å². The first-order valence-corrected chi connectivity index (χ1v) is 12.1. The van der Waals surface area contributed by atoms with Crippen LogP contribution >= 0.6 is 0 Å². The van der Waals surface area contributed by atoms with E-state index in [2.05, 4.69) is 15.1 Å². The maximum atomic E-state index is 13.5. The van der Waals surface area contributed by atoms with Gasteiger partial charge in [-0.1, -0.05) is 0 Å². The Balaban J connectivity index is 0.000000481. The summed E-state index contributed by atoms with van der Waals surface area (Å²) in [6.45, 7) is 1.45. The molecule has 182 valence electrons. The fourth-order valence-corrected chi connectivity index (χ4v) is 3.36. The number of rotatable bonds is 2. The van der Waals surface area contributed by atoms with Gasteiger partial charge in [0.25, 0.3) is 5.91 Å². The highest BCUT2D eigenvalue weighted by Crippen LogP contribution is 2.25. The number of fused-ring (bicyclic) bond motifs is 3. The molecule has 0 radical (unpaired) electrons. The van der Waals surface area contributed by atoms with Gasteiger partial charge in [-0.15, -0.1) is 0 Å². The van der Waals surface area contributed by atoms with E-state index in [-0.39, 0.29) is 18.0 Å². The molecule has 3 heterocycles. The summed E-state index contributed by atoms with van der Waals surface area (Å²) in [7, 11) is 0.00596. The molecule has 0 fully saturated rings. The number of hydrogen-bond acceptors (Lipinski definition) is 7. The van der Waals surface area contributed by atoms with Crippen LogP contribution < -0.4 is 10.0 Å². The molecule has 0 saturated carbocycles. The fraction of sp³-hybridized carbons (Fsp3) is 0.400. The second kappa shape index (κ2) is 10.2. The monoisotopic (exact) mass is 493 g/mol. The molecule has 1 aromatic heterocycles. The quantitative estimate of drug-likeness (QED) is 0.624. The van der Waals surface area contributed by atoms with Gasteiger partial charge in [0, 0.05) is 31.3 Å². The SMILES string of the molecule is CN1OCCn2nc3c(c2C1=O)CN(C(=O)Nc1ccc(F)c(C#N)c1)CC3.CNS(C)(=O)=O. The predicted octanol–water partition coefficient (Wildman–Crippen LogP) is 0.667. The second-order valence-electron chi connectivity index (χ2n) is 7.52. The number of hydroxylamine groups is 2. The van der Waals surface area contributed by atoms with Crippen LogP contribution in [0, 0.1) is 17.1 Å². The molecule has 2 N–H and O–H groups in total. The van der Waals surface area contributed by atoms with E-state index in [1.165, 1.54) is 24.2 Å². The van der Waals surface area contributed by atoms with E-state index in [9.17, 15) is 22.4 Å². The lowest BCUT2D eigenvalue weighted by molar-refractivity contribution is -0.103. The van der Waals surface area contributed by atoms with E-state index in [0.717, 1.165) is 18.0 Å². The van der Waals surface area contributed by atoms with Gasteiger partial charge in [0.05, 0.1) is 37.2 Å². The molecule has 14 heteroatoms. The highest BCUT2D eigenvalue weighted by molar-refractivity contribution is 7.88. The summed E-state index contributed by atoms with van der Waals surface area (Å²) < 4.78 is 36.9. The van der Waals surface area contributed by atoms with Crippen molar-refractivity contribution in [1.82, 2.24) is 24.5 Å². The van der Waals surface area contributed by atoms with Crippen molar-refractivity contribution in [2.75, 3.05) is 38.8 Å². The molecule has 0 atom stereocenters. The Hall–Kier alpha value is -3.54. The number of halogens is 1. The number of carbonyl (C=O) groups excluding carboxylic acids is 2. The smallest absolute Gasteiger partial charge is 0.320 e. The number of nitriles is 1. The third kappa shape index (κ3) is 5.68. The summed E-state index contributed by atoms with van der Waals surface area (Å²) in [5.41, 5.74) is 2.12. The highest BCUT2D eigenvalue weighted by atomic mass is 32.2. The van der Waals surface area contributed by atoms with E-state index in [1.807, 2.05) is 0 Å². The van der Waals surface area contributed by atoms with Crippen LogP contribution in [0.5, 0.6) is 0 Å². The molecule has 1 aromatic carbocycles. The number of benzene rings is 1. The number of nitrogens with zero attached hydrogens (tertiary/aromatic N) is 5. The lowest BCUT2D eigenvalue weighted by Crippen LogP contribution is -2.39. The van der Waals surface area contributed by atoms with Crippen molar-refractivity contribution in [2.24, 2.45) is 0 Å². The number of amides is 3. The topological polar surface area (TPSA) is 150 Å². The van der Waals surface area contributed by atoms with E-state index in [4.69, 9.17) is 10.1 Å². The third-order valence-electron chi connectivity index (χ3n) is 5.17. The zero-order valence-corrected chi connectivity index (χ0v) is 19.6. The Morgan fingerprint density at radius 3 is 2.68 bits per heavy atom. The standard InChI is InChI=1S/C18H17FN6O3.C2H7NO2S/c1-23-17(26)16-13-10-24(5-4-15(13)22-25(16)6-7-28-23)18(27)21-12-2-3-14(19)11(8-12)9-20;1-3-6(2,4)5/h2-3,8H,4-7,10H2,1H3,(H,21,27);3H,1-2H3. The molecule has 0 aliphatic carbocycles. The Labute approximate surface area is 195 Å². The van der Waals surface area contributed by atoms with Gasteiger partial charge in [0.2, 0.25) is 10.0 Å². The van der Waals surface area contributed by atoms with Crippen molar-refractivity contribution in [3.8, 4) is 6.07 Å². The van der Waals surface area contributed by atoms with Crippen LogP contribution in [0.1, 0.15) is 27.3 Å². The normalized spacial score (nSPS) is 15.3. The van der Waals surface area contributed by atoms with Crippen LogP contribution in [-0.2, 0) is 34.4 Å². The van der Waals surface area contributed by atoms with Crippen molar-refractivity contribution in [3.63, 3.8) is 0 Å². The van der Waals surface area contributed by atoms with Gasteiger partial charge >= 0.3 is 6.03 Å². The van der Waals surface area contributed by atoms with Crippen molar-refractivity contribution in [1.29, 1.82) is 5.26 Å². The summed E-state index contributed by atoms with van der Waals surface area (Å²) >= 11 is 0. The van der Waals surface area contributed by atoms with Gasteiger partial charge in [-0.25, -0.2) is 27.4 Å². The van der Waals surface area contributed by atoms with E-state index in [0.29, 0.717) is 43.1 Å². The molecule has 0 saturated heterocycles. The maximum Gasteiger partial charge on any atom is 0.322 e. The van der Waals surface area contributed by atoms with Gasteiger partial charge in [0.1, 0.15) is 17.6 Å². The summed E-state index contributed by atoms with van der Waals surface area (Å²) in [4.78, 5) is 32.1. The molecule has 3 amide bonds. The van der Waals surface area contributed by atoms with Gasteiger partial charge < -0.3 is 10.2 Å². The van der Waals surface area contributed by atoms with Crippen molar-refractivity contribution in [2.45, 2.75) is 19.5 Å². The molecule has 4 rings (SSSR count). The highest BCUT2D eigenvalue weighted by Gasteiger charge is 2.33. The van der Waals surface area contributed by atoms with Crippen molar-refractivity contribution in [3.05, 3.63) is 46.5 Å². The van der Waals surface area contributed by atoms with E-state index < -0.39 is 21.9 Å². The number of nitrogens with one attached hydrogen (secondary N) is 2. The Morgan fingerprint density at radius 1 is 1.32 bits per heavy atom. The minimum absolute atomic E-state index is 0.144. The minimum atomic E-state index is -2.91. The van der Waals surface area contributed by atoms with Crippen LogP contribution in [0.4, 0.5) is 14.9 Å². The summed E-state index contributed by atoms with van der Waals surface area (Å²) in [5.74, 6) is -0.943. The fourth-order valence-electron chi connectivity index (χ4n) is 3.36. The van der Waals surface area contributed by atoms with Crippen molar-refractivity contribution < 1.29 is 27.2 Å². The van der Waals surface area contributed by atoms with Crippen LogP contribution in [0.25, 0.3) is 0 Å². The first-order valence-electron chi connectivity index (χ1n) is 10.2. The molecular weight excluding hydrogens is 469 g/mol. The Bertz CT molecular complexity index is 1250. The summed E-state index contributed by atoms with van der Waals surface area (Å²) in [6.07, 6.45) is 1.63. The largest absolute Gasteiger partial charge is 0.322 e. The maximum absolute atomic E-state index is 13.5. The van der Waals surface area contributed by atoms with Gasteiger partial charge in [-0.05, 0) is 25.2 Å². The first-order chi connectivity index (χ1) is 16.0. The average molecular weight is 494 g/mol. The first kappa shape index (κ1) is 25.1. The Morgan fingerprint density at radius 2 is 2.03 bits per heavy atom. The zero-order valence-electron chi connectivity index (χ0n) is 18.8. The molecule has 2 aliphatic heterocycles. The number of hydrogen-bond donors (Lipinski definition) is 2. The molecular formula is C20H24FN7O5S. The molecule has 2 aromatic rings.